The average molecular weight is 269 g/mol. The number of nitrogens with zero attached hydrogens (tertiary/aromatic N) is 1. The van der Waals surface area contributed by atoms with Gasteiger partial charge in [0.1, 0.15) is 11.6 Å². The van der Waals surface area contributed by atoms with Crippen LogP contribution in [0.25, 0.3) is 0 Å². The van der Waals surface area contributed by atoms with Crippen LogP contribution >= 0.6 is 0 Å². The van der Waals surface area contributed by atoms with Crippen LogP contribution in [-0.2, 0) is 19.8 Å². The highest BCUT2D eigenvalue weighted by Crippen LogP contribution is 2.14. The molecule has 2 N–H and O–H groups in total. The lowest BCUT2D eigenvalue weighted by Gasteiger charge is -2.26. The molecule has 0 aliphatic rings. The molecule has 1 atom stereocenters. The maximum absolute atomic E-state index is 11.5. The van der Waals surface area contributed by atoms with Gasteiger partial charge in [-0.05, 0) is 27.7 Å². The third-order valence-electron chi connectivity index (χ3n) is 1.53. The van der Waals surface area contributed by atoms with Gasteiger partial charge in [-0.25, -0.2) is 9.59 Å². The Morgan fingerprint density at radius 3 is 1.94 bits per heavy atom. The molecule has 0 heterocycles. The molecule has 0 aromatic carbocycles. The minimum absolute atomic E-state index is 0.236. The van der Waals surface area contributed by atoms with E-state index in [0.717, 1.165) is 6.92 Å². The lowest BCUT2D eigenvalue weighted by molar-refractivity contribution is -0.141. The molecule has 0 aliphatic heterocycles. The van der Waals surface area contributed by atoms with Crippen molar-refractivity contribution in [3.8, 4) is 0 Å². The number of carboxylic acid groups (broad SMARTS) is 1. The van der Waals surface area contributed by atoms with Gasteiger partial charge < -0.3 is 9.84 Å². The van der Waals surface area contributed by atoms with Crippen LogP contribution in [0.3, 0.4) is 0 Å². The summed E-state index contributed by atoms with van der Waals surface area (Å²) in [4.78, 5) is 22.1. The third kappa shape index (κ3) is 5.00. The zero-order valence-corrected chi connectivity index (χ0v) is 10.7. The Kier molecular flexibility index (Phi) is 4.49. The molecule has 0 fully saturated rings. The SMILES string of the molecule is C[C@H](C(=O)O)N(C(=O)OC(C)(C)C)S(=O)(=O)O. The van der Waals surface area contributed by atoms with Gasteiger partial charge in [0, 0.05) is 0 Å². The number of aliphatic carboxylic acids is 1. The van der Waals surface area contributed by atoms with Gasteiger partial charge in [0.15, 0.2) is 0 Å². The molecule has 0 aromatic rings. The zero-order valence-electron chi connectivity index (χ0n) is 9.87. The number of hydrogen-bond donors (Lipinski definition) is 2. The zero-order chi connectivity index (χ0) is 14.0. The Hall–Kier alpha value is -1.35. The van der Waals surface area contributed by atoms with Crippen molar-refractivity contribution < 1.29 is 32.4 Å². The number of carboxylic acids is 1. The van der Waals surface area contributed by atoms with Crippen molar-refractivity contribution in [2.45, 2.75) is 39.3 Å². The molecule has 17 heavy (non-hydrogen) atoms. The fourth-order valence-electron chi connectivity index (χ4n) is 0.859. The van der Waals surface area contributed by atoms with Crippen LogP contribution in [0.1, 0.15) is 27.7 Å². The summed E-state index contributed by atoms with van der Waals surface area (Å²) in [5.74, 6) is -1.59. The number of carbonyl (C=O) groups excluding carboxylic acids is 1. The average Bonchev–Trinajstić information content (AvgIpc) is 1.96. The monoisotopic (exact) mass is 269 g/mol. The minimum atomic E-state index is -5.00. The fraction of sp³-hybridized carbons (Fsp3) is 0.750. The molecule has 9 heteroatoms. The predicted molar refractivity (Wildman–Crippen MR) is 56.7 cm³/mol. The molecule has 0 rings (SSSR count). The molecule has 0 bridgehead atoms. The highest BCUT2D eigenvalue weighted by molar-refractivity contribution is 7.84. The summed E-state index contributed by atoms with van der Waals surface area (Å²) in [5.41, 5.74) is -1.02. The lowest BCUT2D eigenvalue weighted by atomic mass is 10.2. The second kappa shape index (κ2) is 4.88. The Morgan fingerprint density at radius 2 is 1.71 bits per heavy atom. The Morgan fingerprint density at radius 1 is 1.29 bits per heavy atom. The number of hydrogen-bond acceptors (Lipinski definition) is 5. The van der Waals surface area contributed by atoms with Gasteiger partial charge in [0.25, 0.3) is 0 Å². The lowest BCUT2D eigenvalue weighted by Crippen LogP contribution is -2.48. The van der Waals surface area contributed by atoms with E-state index in [-0.39, 0.29) is 4.31 Å². The van der Waals surface area contributed by atoms with Crippen molar-refractivity contribution in [2.75, 3.05) is 0 Å². The Labute approximate surface area is 99.0 Å². The molecule has 0 saturated carbocycles. The van der Waals surface area contributed by atoms with Crippen molar-refractivity contribution in [1.82, 2.24) is 4.31 Å². The Bertz CT molecular complexity index is 408. The van der Waals surface area contributed by atoms with Crippen LogP contribution in [0.2, 0.25) is 0 Å². The highest BCUT2D eigenvalue weighted by atomic mass is 32.2. The summed E-state index contributed by atoms with van der Waals surface area (Å²) in [6.45, 7) is 5.34. The molecule has 0 aromatic heterocycles. The first-order chi connectivity index (χ1) is 7.36. The fourth-order valence-corrected chi connectivity index (χ4v) is 1.57. The first-order valence-electron chi connectivity index (χ1n) is 4.59. The Balaban J connectivity index is 5.23. The van der Waals surface area contributed by atoms with Crippen LogP contribution < -0.4 is 0 Å². The summed E-state index contributed by atoms with van der Waals surface area (Å²) in [7, 11) is -5.00. The topological polar surface area (TPSA) is 121 Å². The van der Waals surface area contributed by atoms with Gasteiger partial charge in [0.05, 0.1) is 0 Å². The molecule has 0 radical (unpaired) electrons. The van der Waals surface area contributed by atoms with Crippen LogP contribution in [0.15, 0.2) is 0 Å². The summed E-state index contributed by atoms with van der Waals surface area (Å²) >= 11 is 0. The van der Waals surface area contributed by atoms with Gasteiger partial charge in [-0.3, -0.25) is 4.55 Å². The molecular weight excluding hydrogens is 254 g/mol. The van der Waals surface area contributed by atoms with E-state index in [2.05, 4.69) is 4.74 Å². The van der Waals surface area contributed by atoms with Gasteiger partial charge in [-0.1, -0.05) is 0 Å². The first kappa shape index (κ1) is 15.7. The number of carbonyl (C=O) groups is 2. The second-order valence-electron chi connectivity index (χ2n) is 4.27. The molecular formula is C8H15NO7S. The number of rotatable bonds is 3. The maximum atomic E-state index is 11.5. The van der Waals surface area contributed by atoms with E-state index in [0.29, 0.717) is 0 Å². The van der Waals surface area contributed by atoms with Crippen molar-refractivity contribution in [3.05, 3.63) is 0 Å². The number of ether oxygens (including phenoxy) is 1. The van der Waals surface area contributed by atoms with Crippen LogP contribution in [-0.4, -0.2) is 46.1 Å². The van der Waals surface area contributed by atoms with Gasteiger partial charge >= 0.3 is 22.4 Å². The standard InChI is InChI=1S/C8H15NO7S/c1-5(6(10)11)9(17(13,14)15)7(12)16-8(2,3)4/h5H,1-4H3,(H,10,11)(H,13,14,15)/t5-/m1/s1. The summed E-state index contributed by atoms with van der Waals surface area (Å²) in [5, 5.41) is 8.64. The van der Waals surface area contributed by atoms with Crippen molar-refractivity contribution in [3.63, 3.8) is 0 Å². The van der Waals surface area contributed by atoms with E-state index in [1.165, 1.54) is 20.8 Å². The van der Waals surface area contributed by atoms with E-state index in [1.54, 1.807) is 0 Å². The largest absolute Gasteiger partial charge is 0.480 e. The van der Waals surface area contributed by atoms with Crippen molar-refractivity contribution >= 4 is 22.4 Å². The molecule has 8 nitrogen and oxygen atoms in total. The number of amides is 1. The summed E-state index contributed by atoms with van der Waals surface area (Å²) in [6, 6.07) is -1.76. The highest BCUT2D eigenvalue weighted by Gasteiger charge is 2.37. The van der Waals surface area contributed by atoms with Crippen molar-refractivity contribution in [2.24, 2.45) is 0 Å². The van der Waals surface area contributed by atoms with Gasteiger partial charge in [0.2, 0.25) is 0 Å². The second-order valence-corrected chi connectivity index (χ2v) is 5.56. The van der Waals surface area contributed by atoms with E-state index in [9.17, 15) is 18.0 Å². The molecule has 0 saturated heterocycles. The maximum Gasteiger partial charge on any atom is 0.426 e. The molecule has 0 aliphatic carbocycles. The van der Waals surface area contributed by atoms with Crippen molar-refractivity contribution in [1.29, 1.82) is 0 Å². The van der Waals surface area contributed by atoms with Crippen LogP contribution in [0.5, 0.6) is 0 Å². The molecule has 0 unspecified atom stereocenters. The van der Waals surface area contributed by atoms with E-state index in [1.807, 2.05) is 0 Å². The van der Waals surface area contributed by atoms with Crippen LogP contribution in [0, 0.1) is 0 Å². The third-order valence-corrected chi connectivity index (χ3v) is 2.49. The minimum Gasteiger partial charge on any atom is -0.480 e. The first-order valence-corrected chi connectivity index (χ1v) is 5.98. The predicted octanol–water partition coefficient (Wildman–Crippen LogP) is 0.499. The molecule has 100 valence electrons. The van der Waals surface area contributed by atoms with E-state index < -0.39 is 34.0 Å². The normalized spacial score (nSPS) is 13.9. The van der Waals surface area contributed by atoms with E-state index >= 15 is 0 Å². The summed E-state index contributed by atoms with van der Waals surface area (Å²) < 4.78 is 35.1. The quantitative estimate of drug-likeness (QED) is 0.715. The summed E-state index contributed by atoms with van der Waals surface area (Å²) in [6.07, 6.45) is -1.45. The van der Waals surface area contributed by atoms with Gasteiger partial charge in [-0.2, -0.15) is 12.7 Å². The smallest absolute Gasteiger partial charge is 0.426 e. The molecule has 1 amide bonds. The van der Waals surface area contributed by atoms with Gasteiger partial charge in [-0.15, -0.1) is 0 Å². The van der Waals surface area contributed by atoms with E-state index in [4.69, 9.17) is 9.66 Å². The van der Waals surface area contributed by atoms with Crippen LogP contribution in [0.4, 0.5) is 4.79 Å². The molecule has 0 spiro atoms.